The third-order valence-electron chi connectivity index (χ3n) is 1.77. The van der Waals surface area contributed by atoms with Crippen LogP contribution in [-0.4, -0.2) is 29.2 Å². The molecule has 0 aliphatic rings. The summed E-state index contributed by atoms with van der Waals surface area (Å²) < 4.78 is 5.04. The summed E-state index contributed by atoms with van der Waals surface area (Å²) in [4.78, 5) is 24.6. The van der Waals surface area contributed by atoms with Gasteiger partial charge in [-0.15, -0.1) is 0 Å². The van der Waals surface area contributed by atoms with Gasteiger partial charge in [0.2, 0.25) is 0 Å². The lowest BCUT2D eigenvalue weighted by Crippen LogP contribution is -2.28. The van der Waals surface area contributed by atoms with E-state index in [1.165, 1.54) is 0 Å². The number of halogens is 1. The number of carbonyl (C=O) groups is 2. The summed E-state index contributed by atoms with van der Waals surface area (Å²) >= 11 is 5.23. The van der Waals surface area contributed by atoms with Crippen molar-refractivity contribution in [3.8, 4) is 0 Å². The Hall–Kier alpha value is -0.810. The quantitative estimate of drug-likeness (QED) is 0.553. The van der Waals surface area contributed by atoms with Gasteiger partial charge in [0.15, 0.2) is 0 Å². The van der Waals surface area contributed by atoms with Gasteiger partial charge in [-0.25, -0.2) is 4.84 Å². The van der Waals surface area contributed by atoms with Gasteiger partial charge >= 0.3 is 11.9 Å². The molecule has 94 valence electrons. The first-order valence-electron chi connectivity index (χ1n) is 5.04. The molecule has 0 fully saturated rings. The molecule has 0 saturated carbocycles. The lowest BCUT2D eigenvalue weighted by molar-refractivity contribution is -0.159. The predicted octanol–water partition coefficient (Wildman–Crippen LogP) is 1.55. The Labute approximate surface area is 100 Å². The minimum atomic E-state index is -1.02. The van der Waals surface area contributed by atoms with Crippen LogP contribution in [0.15, 0.2) is 0 Å². The zero-order valence-electron chi connectivity index (χ0n) is 9.75. The molecule has 0 aromatic rings. The molecule has 0 aromatic carbocycles. The van der Waals surface area contributed by atoms with Crippen LogP contribution in [0.1, 0.15) is 33.6 Å². The van der Waals surface area contributed by atoms with Crippen LogP contribution in [-0.2, 0) is 14.3 Å². The molecule has 0 spiro atoms. The van der Waals surface area contributed by atoms with Gasteiger partial charge in [-0.05, 0) is 39.0 Å². The zero-order chi connectivity index (χ0) is 12.8. The maximum Gasteiger partial charge on any atom is 0.307 e. The highest BCUT2D eigenvalue weighted by Crippen LogP contribution is 2.14. The third kappa shape index (κ3) is 7.48. The fourth-order valence-corrected chi connectivity index (χ4v) is 1.24. The van der Waals surface area contributed by atoms with Crippen molar-refractivity contribution >= 4 is 23.7 Å². The Kier molecular flexibility index (Phi) is 6.36. The van der Waals surface area contributed by atoms with Crippen molar-refractivity contribution in [3.63, 3.8) is 0 Å². The standard InChI is InChI=1S/C10H18ClNO4/c1-10(2,3)16-8(13)6-7(9(14)15)4-5-12-11/h7,12H,4-6H2,1-3H3,(H,14,15)/t7-/m1/s1. The van der Waals surface area contributed by atoms with Crippen LogP contribution >= 0.6 is 11.8 Å². The Bertz CT molecular complexity index is 250. The largest absolute Gasteiger partial charge is 0.481 e. The maximum absolute atomic E-state index is 11.4. The predicted molar refractivity (Wildman–Crippen MR) is 60.1 cm³/mol. The van der Waals surface area contributed by atoms with Gasteiger partial charge in [-0.1, -0.05) is 0 Å². The average Bonchev–Trinajstić information content (AvgIpc) is 2.08. The van der Waals surface area contributed by atoms with E-state index in [2.05, 4.69) is 4.84 Å². The molecular formula is C10H18ClNO4. The molecule has 1 atom stereocenters. The number of carbonyl (C=O) groups excluding carboxylic acids is 1. The smallest absolute Gasteiger partial charge is 0.307 e. The molecule has 0 aliphatic carbocycles. The molecule has 0 rings (SSSR count). The number of hydrogen-bond donors (Lipinski definition) is 2. The van der Waals surface area contributed by atoms with E-state index < -0.39 is 23.5 Å². The van der Waals surface area contributed by atoms with Crippen molar-refractivity contribution in [3.05, 3.63) is 0 Å². The summed E-state index contributed by atoms with van der Waals surface area (Å²) in [5.74, 6) is -2.28. The second-order valence-corrected chi connectivity index (χ2v) is 4.77. The summed E-state index contributed by atoms with van der Waals surface area (Å²) in [6.07, 6.45) is 0.156. The highest BCUT2D eigenvalue weighted by atomic mass is 35.5. The van der Waals surface area contributed by atoms with Gasteiger partial charge in [0.05, 0.1) is 12.3 Å². The second kappa shape index (κ2) is 6.70. The van der Waals surface area contributed by atoms with Crippen LogP contribution < -0.4 is 4.84 Å². The highest BCUT2D eigenvalue weighted by molar-refractivity contribution is 6.13. The third-order valence-corrected chi connectivity index (χ3v) is 1.96. The van der Waals surface area contributed by atoms with E-state index in [1.807, 2.05) is 0 Å². The molecule has 0 heterocycles. The summed E-state index contributed by atoms with van der Waals surface area (Å²) in [5, 5.41) is 8.87. The van der Waals surface area contributed by atoms with Crippen molar-refractivity contribution in [2.45, 2.75) is 39.2 Å². The molecule has 0 saturated heterocycles. The van der Waals surface area contributed by atoms with Gasteiger partial charge in [0.1, 0.15) is 5.60 Å². The van der Waals surface area contributed by atoms with Crippen LogP contribution in [0.3, 0.4) is 0 Å². The first kappa shape index (κ1) is 15.2. The molecule has 0 aliphatic heterocycles. The molecule has 2 N–H and O–H groups in total. The SMILES string of the molecule is CC(C)(C)OC(=O)C[C@@H](CCNCl)C(=O)O. The first-order valence-corrected chi connectivity index (χ1v) is 5.42. The van der Waals surface area contributed by atoms with Crippen LogP contribution in [0.4, 0.5) is 0 Å². The molecule has 16 heavy (non-hydrogen) atoms. The average molecular weight is 252 g/mol. The normalized spacial score (nSPS) is 13.2. The van der Waals surface area contributed by atoms with Gasteiger partial charge in [-0.3, -0.25) is 9.59 Å². The molecule has 6 heteroatoms. The van der Waals surface area contributed by atoms with Crippen molar-refractivity contribution in [2.75, 3.05) is 6.54 Å². The molecule has 0 radical (unpaired) electrons. The van der Waals surface area contributed by atoms with Gasteiger partial charge < -0.3 is 9.84 Å². The Morgan fingerprint density at radius 3 is 2.38 bits per heavy atom. The van der Waals surface area contributed by atoms with Crippen LogP contribution in [0.2, 0.25) is 0 Å². The van der Waals surface area contributed by atoms with Crippen LogP contribution in [0.25, 0.3) is 0 Å². The van der Waals surface area contributed by atoms with Crippen LogP contribution in [0.5, 0.6) is 0 Å². The van der Waals surface area contributed by atoms with Crippen LogP contribution in [0, 0.1) is 5.92 Å². The lowest BCUT2D eigenvalue weighted by Gasteiger charge is -2.20. The molecule has 5 nitrogen and oxygen atoms in total. The molecular weight excluding hydrogens is 234 g/mol. The van der Waals surface area contributed by atoms with Crippen molar-refractivity contribution in [1.29, 1.82) is 0 Å². The molecule has 0 aromatic heterocycles. The number of aliphatic carboxylic acids is 1. The van der Waals surface area contributed by atoms with Crippen molar-refractivity contribution in [2.24, 2.45) is 5.92 Å². The van der Waals surface area contributed by atoms with E-state index in [1.54, 1.807) is 20.8 Å². The Morgan fingerprint density at radius 1 is 1.44 bits per heavy atom. The maximum atomic E-state index is 11.4. The first-order chi connectivity index (χ1) is 7.26. The molecule has 0 unspecified atom stereocenters. The van der Waals surface area contributed by atoms with Gasteiger partial charge in [-0.2, -0.15) is 0 Å². The molecule has 0 bridgehead atoms. The fraction of sp³-hybridized carbons (Fsp3) is 0.800. The number of hydrogen-bond acceptors (Lipinski definition) is 4. The summed E-state index contributed by atoms with van der Waals surface area (Å²) in [6, 6.07) is 0. The van der Waals surface area contributed by atoms with E-state index in [-0.39, 0.29) is 12.8 Å². The summed E-state index contributed by atoms with van der Waals surface area (Å²) in [7, 11) is 0. The van der Waals surface area contributed by atoms with Gasteiger partial charge in [0, 0.05) is 6.54 Å². The Morgan fingerprint density at radius 2 is 2.00 bits per heavy atom. The topological polar surface area (TPSA) is 75.6 Å². The second-order valence-electron chi connectivity index (χ2n) is 4.50. The number of ether oxygens (including phenoxy) is 1. The number of rotatable bonds is 6. The summed E-state index contributed by atoms with van der Waals surface area (Å²) in [5.41, 5.74) is -0.592. The molecule has 0 amide bonds. The van der Waals surface area contributed by atoms with E-state index in [0.717, 1.165) is 0 Å². The van der Waals surface area contributed by atoms with Crippen molar-refractivity contribution in [1.82, 2.24) is 4.84 Å². The van der Waals surface area contributed by atoms with E-state index in [4.69, 9.17) is 21.6 Å². The monoisotopic (exact) mass is 251 g/mol. The minimum Gasteiger partial charge on any atom is -0.481 e. The number of esters is 1. The zero-order valence-corrected chi connectivity index (χ0v) is 10.5. The fourth-order valence-electron chi connectivity index (χ4n) is 1.13. The number of carboxylic acids is 1. The van der Waals surface area contributed by atoms with Crippen molar-refractivity contribution < 1.29 is 19.4 Å². The highest BCUT2D eigenvalue weighted by Gasteiger charge is 2.24. The summed E-state index contributed by atoms with van der Waals surface area (Å²) in [6.45, 7) is 5.55. The van der Waals surface area contributed by atoms with E-state index >= 15 is 0 Å². The number of nitrogens with one attached hydrogen (secondary N) is 1. The lowest BCUT2D eigenvalue weighted by atomic mass is 10.0. The van der Waals surface area contributed by atoms with Gasteiger partial charge in [0.25, 0.3) is 0 Å². The van der Waals surface area contributed by atoms with E-state index in [9.17, 15) is 9.59 Å². The van der Waals surface area contributed by atoms with E-state index in [0.29, 0.717) is 6.54 Å². The number of carboxylic acid groups (broad SMARTS) is 1. The Balaban J connectivity index is 4.19. The minimum absolute atomic E-state index is 0.134.